The lowest BCUT2D eigenvalue weighted by atomic mass is 10.3. The highest BCUT2D eigenvalue weighted by atomic mass is 35.5. The molecule has 0 radical (unpaired) electrons. The molecule has 0 unspecified atom stereocenters. The molecule has 0 atom stereocenters. The third-order valence-corrected chi connectivity index (χ3v) is 1.84. The first-order chi connectivity index (χ1) is 5.27. The Bertz CT molecular complexity index is 333. The zero-order chi connectivity index (χ0) is 7.84. The normalized spacial score (nSPS) is 13.6. The average molecular weight is 168 g/mol. The van der Waals surface area contributed by atoms with Gasteiger partial charge in [-0.05, 0) is 6.92 Å². The van der Waals surface area contributed by atoms with Crippen molar-refractivity contribution in [3.8, 4) is 0 Å². The van der Waals surface area contributed by atoms with E-state index in [1.807, 2.05) is 6.92 Å². The molecule has 0 bridgehead atoms. The second-order valence-corrected chi connectivity index (χ2v) is 2.75. The molecule has 1 aromatic rings. The van der Waals surface area contributed by atoms with Gasteiger partial charge in [-0.2, -0.15) is 0 Å². The molecule has 0 spiro atoms. The number of aryl methyl sites for hydroxylation is 1. The average Bonchev–Trinajstić information content (AvgIpc) is 2.34. The minimum Gasteiger partial charge on any atom is -0.286 e. The largest absolute Gasteiger partial charge is 0.286 e. The van der Waals surface area contributed by atoms with E-state index in [0.717, 1.165) is 11.3 Å². The molecular formula is C7H6ClN3. The zero-order valence-electron chi connectivity index (χ0n) is 6.00. The molecule has 11 heavy (non-hydrogen) atoms. The molecule has 2 rings (SSSR count). The van der Waals surface area contributed by atoms with Gasteiger partial charge in [0.05, 0.1) is 17.8 Å². The van der Waals surface area contributed by atoms with Crippen LogP contribution in [0.25, 0.3) is 0 Å². The van der Waals surface area contributed by atoms with E-state index in [9.17, 15) is 0 Å². The lowest BCUT2D eigenvalue weighted by Gasteiger charge is -1.98. The van der Waals surface area contributed by atoms with Gasteiger partial charge >= 0.3 is 0 Å². The van der Waals surface area contributed by atoms with Crippen LogP contribution < -0.4 is 0 Å². The molecule has 0 aliphatic carbocycles. The van der Waals surface area contributed by atoms with E-state index in [-0.39, 0.29) is 0 Å². The number of aromatic nitrogens is 2. The Kier molecular flexibility index (Phi) is 1.39. The second kappa shape index (κ2) is 2.27. The van der Waals surface area contributed by atoms with Crippen LogP contribution >= 0.6 is 11.6 Å². The lowest BCUT2D eigenvalue weighted by Crippen LogP contribution is -1.97. The molecule has 2 heterocycles. The van der Waals surface area contributed by atoms with Crippen LogP contribution in [0.5, 0.6) is 0 Å². The fourth-order valence-electron chi connectivity index (χ4n) is 1.07. The van der Waals surface area contributed by atoms with E-state index in [0.29, 0.717) is 17.5 Å². The van der Waals surface area contributed by atoms with Crippen molar-refractivity contribution >= 4 is 17.8 Å². The molecule has 0 saturated heterocycles. The number of hydrogen-bond acceptors (Lipinski definition) is 3. The molecule has 0 aromatic carbocycles. The van der Waals surface area contributed by atoms with Crippen molar-refractivity contribution in [1.82, 2.24) is 9.97 Å². The van der Waals surface area contributed by atoms with Crippen LogP contribution in [0.3, 0.4) is 0 Å². The van der Waals surface area contributed by atoms with Gasteiger partial charge in [0.1, 0.15) is 11.0 Å². The van der Waals surface area contributed by atoms with Gasteiger partial charge in [0.25, 0.3) is 0 Å². The molecule has 0 saturated carbocycles. The van der Waals surface area contributed by atoms with Crippen molar-refractivity contribution in [2.24, 2.45) is 4.99 Å². The Hall–Kier alpha value is -0.960. The molecule has 3 nitrogen and oxygen atoms in total. The highest BCUT2D eigenvalue weighted by Crippen LogP contribution is 2.19. The first-order valence-corrected chi connectivity index (χ1v) is 3.68. The summed E-state index contributed by atoms with van der Waals surface area (Å²) in [7, 11) is 0. The van der Waals surface area contributed by atoms with Gasteiger partial charge in [-0.1, -0.05) is 11.6 Å². The summed E-state index contributed by atoms with van der Waals surface area (Å²) in [6.07, 6.45) is 1.72. The van der Waals surface area contributed by atoms with Crippen LogP contribution in [0.4, 0.5) is 0 Å². The summed E-state index contributed by atoms with van der Waals surface area (Å²) in [5.41, 5.74) is 1.81. The van der Waals surface area contributed by atoms with Crippen LogP contribution in [0.1, 0.15) is 17.1 Å². The standard InChI is InChI=1S/C7H6ClN3/c1-4-10-6-3-9-2-5(6)7(8)11-4/h2H,3H2,1H3. The monoisotopic (exact) mass is 167 g/mol. The highest BCUT2D eigenvalue weighted by molar-refractivity contribution is 6.32. The summed E-state index contributed by atoms with van der Waals surface area (Å²) in [6, 6.07) is 0. The van der Waals surface area contributed by atoms with Crippen LogP contribution in [-0.2, 0) is 6.54 Å². The van der Waals surface area contributed by atoms with Crippen LogP contribution in [0, 0.1) is 6.92 Å². The Labute approximate surface area is 69.2 Å². The van der Waals surface area contributed by atoms with E-state index >= 15 is 0 Å². The first kappa shape index (κ1) is 6.73. The van der Waals surface area contributed by atoms with Gasteiger partial charge in [-0.15, -0.1) is 0 Å². The lowest BCUT2D eigenvalue weighted by molar-refractivity contribution is 0.948. The molecule has 0 fully saturated rings. The van der Waals surface area contributed by atoms with Crippen molar-refractivity contribution < 1.29 is 0 Å². The Morgan fingerprint density at radius 3 is 3.09 bits per heavy atom. The molecule has 56 valence electrons. The third kappa shape index (κ3) is 1.01. The highest BCUT2D eigenvalue weighted by Gasteiger charge is 2.12. The minimum atomic E-state index is 0.508. The van der Waals surface area contributed by atoms with Crippen molar-refractivity contribution in [3.63, 3.8) is 0 Å². The summed E-state index contributed by atoms with van der Waals surface area (Å²) in [5, 5.41) is 0.508. The smallest absolute Gasteiger partial charge is 0.141 e. The maximum absolute atomic E-state index is 5.83. The van der Waals surface area contributed by atoms with Gasteiger partial charge in [0, 0.05) is 6.21 Å². The molecule has 1 aromatic heterocycles. The quantitative estimate of drug-likeness (QED) is 0.548. The number of hydrogen-bond donors (Lipinski definition) is 0. The molecule has 0 amide bonds. The minimum absolute atomic E-state index is 0.508. The molecular weight excluding hydrogens is 162 g/mol. The summed E-state index contributed by atoms with van der Waals surface area (Å²) >= 11 is 5.83. The number of fused-ring (bicyclic) bond motifs is 1. The zero-order valence-corrected chi connectivity index (χ0v) is 6.76. The fraction of sp³-hybridized carbons (Fsp3) is 0.286. The summed E-state index contributed by atoms with van der Waals surface area (Å²) in [6.45, 7) is 2.46. The number of aliphatic imine (C=N–C) groups is 1. The summed E-state index contributed by atoms with van der Waals surface area (Å²) in [4.78, 5) is 12.2. The van der Waals surface area contributed by atoms with Gasteiger partial charge in [-0.25, -0.2) is 9.97 Å². The van der Waals surface area contributed by atoms with E-state index in [1.54, 1.807) is 6.21 Å². The topological polar surface area (TPSA) is 38.1 Å². The summed E-state index contributed by atoms with van der Waals surface area (Å²) < 4.78 is 0. The molecule has 1 aliphatic rings. The number of halogens is 1. The van der Waals surface area contributed by atoms with Gasteiger partial charge in [0.2, 0.25) is 0 Å². The maximum atomic E-state index is 5.83. The number of rotatable bonds is 0. The SMILES string of the molecule is Cc1nc(Cl)c2c(n1)CN=C2. The van der Waals surface area contributed by atoms with Crippen molar-refractivity contribution in [2.75, 3.05) is 0 Å². The number of nitrogens with zero attached hydrogens (tertiary/aromatic N) is 3. The van der Waals surface area contributed by atoms with E-state index in [2.05, 4.69) is 15.0 Å². The second-order valence-electron chi connectivity index (χ2n) is 2.39. The van der Waals surface area contributed by atoms with Crippen molar-refractivity contribution in [3.05, 3.63) is 22.2 Å². The third-order valence-electron chi connectivity index (χ3n) is 1.55. The van der Waals surface area contributed by atoms with Gasteiger partial charge in [0.15, 0.2) is 0 Å². The molecule has 0 N–H and O–H groups in total. The van der Waals surface area contributed by atoms with E-state index in [1.165, 1.54) is 0 Å². The Balaban J connectivity index is 2.67. The Morgan fingerprint density at radius 2 is 2.27 bits per heavy atom. The van der Waals surface area contributed by atoms with Gasteiger partial charge < -0.3 is 0 Å². The molecule has 4 heteroatoms. The van der Waals surface area contributed by atoms with Crippen molar-refractivity contribution in [2.45, 2.75) is 13.5 Å². The molecule has 1 aliphatic heterocycles. The summed E-state index contributed by atoms with van der Waals surface area (Å²) in [5.74, 6) is 0.708. The van der Waals surface area contributed by atoms with E-state index < -0.39 is 0 Å². The predicted octanol–water partition coefficient (Wildman–Crippen LogP) is 1.37. The van der Waals surface area contributed by atoms with Crippen molar-refractivity contribution in [1.29, 1.82) is 0 Å². The van der Waals surface area contributed by atoms with Crippen LogP contribution in [-0.4, -0.2) is 16.2 Å². The first-order valence-electron chi connectivity index (χ1n) is 3.30. The predicted molar refractivity (Wildman–Crippen MR) is 43.1 cm³/mol. The van der Waals surface area contributed by atoms with Gasteiger partial charge in [-0.3, -0.25) is 4.99 Å². The Morgan fingerprint density at radius 1 is 1.45 bits per heavy atom. The van der Waals surface area contributed by atoms with Crippen LogP contribution in [0.2, 0.25) is 5.15 Å². The van der Waals surface area contributed by atoms with Crippen LogP contribution in [0.15, 0.2) is 4.99 Å². The maximum Gasteiger partial charge on any atom is 0.141 e. The van der Waals surface area contributed by atoms with E-state index in [4.69, 9.17) is 11.6 Å². The fourth-order valence-corrected chi connectivity index (χ4v) is 1.35.